The first-order valence-electron chi connectivity index (χ1n) is 6.32. The second-order valence-electron chi connectivity index (χ2n) is 4.55. The van der Waals surface area contributed by atoms with Crippen molar-refractivity contribution in [2.75, 3.05) is 0 Å². The number of fused-ring (bicyclic) bond motifs is 1. The van der Waals surface area contributed by atoms with E-state index in [4.69, 9.17) is 33.4 Å². The number of para-hydroxylation sites is 1. The van der Waals surface area contributed by atoms with E-state index < -0.39 is 0 Å². The van der Waals surface area contributed by atoms with Crippen molar-refractivity contribution in [2.24, 2.45) is 5.73 Å². The predicted molar refractivity (Wildman–Crippen MR) is 86.0 cm³/mol. The Morgan fingerprint density at radius 2 is 2.05 bits per heavy atom. The van der Waals surface area contributed by atoms with Gasteiger partial charge >= 0.3 is 0 Å². The summed E-state index contributed by atoms with van der Waals surface area (Å²) in [4.78, 5) is 0. The van der Waals surface area contributed by atoms with Crippen LogP contribution in [0.3, 0.4) is 0 Å². The van der Waals surface area contributed by atoms with Crippen LogP contribution in [0.4, 0.5) is 0 Å². The van der Waals surface area contributed by atoms with Crippen LogP contribution in [0.15, 0.2) is 34.7 Å². The summed E-state index contributed by atoms with van der Waals surface area (Å²) < 4.78 is 7.16. The molecule has 104 valence electrons. The lowest BCUT2D eigenvalue weighted by atomic mass is 9.98. The average Bonchev–Trinajstić information content (AvgIpc) is 2.97. The minimum Gasteiger partial charge on any atom is -0.461 e. The lowest BCUT2D eigenvalue weighted by Gasteiger charge is -2.11. The predicted octanol–water partition coefficient (Wildman–Crippen LogP) is 5.41. The Morgan fingerprint density at radius 1 is 1.30 bits per heavy atom. The second kappa shape index (κ2) is 5.41. The minimum atomic E-state index is -0.329. The zero-order valence-corrected chi connectivity index (χ0v) is 13.1. The van der Waals surface area contributed by atoms with Crippen LogP contribution in [0.2, 0.25) is 8.67 Å². The highest BCUT2D eigenvalue weighted by atomic mass is 35.5. The van der Waals surface area contributed by atoms with E-state index in [1.54, 1.807) is 0 Å². The topological polar surface area (TPSA) is 39.2 Å². The molecule has 1 unspecified atom stereocenters. The van der Waals surface area contributed by atoms with E-state index in [0.29, 0.717) is 8.67 Å². The molecular weight excluding hydrogens is 313 g/mol. The van der Waals surface area contributed by atoms with Crippen molar-refractivity contribution in [3.8, 4) is 0 Å². The van der Waals surface area contributed by atoms with Gasteiger partial charge in [0.05, 0.1) is 14.7 Å². The molecule has 1 aromatic carbocycles. The fraction of sp³-hybridized carbons (Fsp3) is 0.200. The standard InChI is InChI=1S/C15H13Cl2NOS/c1-2-10-13(8-5-3-4-6-11(8)19-10)14(18)9-7-12(16)20-15(9)17/h3-7,14H,2,18H2,1H3. The molecule has 0 spiro atoms. The van der Waals surface area contributed by atoms with Crippen LogP contribution in [0, 0.1) is 0 Å². The zero-order valence-electron chi connectivity index (χ0n) is 10.8. The van der Waals surface area contributed by atoms with Crippen LogP contribution < -0.4 is 5.73 Å². The first kappa shape index (κ1) is 14.0. The summed E-state index contributed by atoms with van der Waals surface area (Å²) >= 11 is 13.6. The fourth-order valence-corrected chi connectivity index (χ4v) is 3.99. The van der Waals surface area contributed by atoms with E-state index >= 15 is 0 Å². The Bertz CT molecular complexity index is 762. The van der Waals surface area contributed by atoms with Gasteiger partial charge in [-0.15, -0.1) is 11.3 Å². The average molecular weight is 326 g/mol. The van der Waals surface area contributed by atoms with Gasteiger partial charge in [0.2, 0.25) is 0 Å². The zero-order chi connectivity index (χ0) is 14.3. The lowest BCUT2D eigenvalue weighted by Crippen LogP contribution is -2.12. The molecule has 1 atom stereocenters. The molecule has 2 nitrogen and oxygen atoms in total. The molecule has 0 fully saturated rings. The number of hydrogen-bond acceptors (Lipinski definition) is 3. The van der Waals surface area contributed by atoms with Gasteiger partial charge in [0.25, 0.3) is 0 Å². The van der Waals surface area contributed by atoms with Gasteiger partial charge in [-0.05, 0) is 12.1 Å². The molecule has 2 heterocycles. The lowest BCUT2D eigenvalue weighted by molar-refractivity contribution is 0.546. The molecule has 0 saturated carbocycles. The van der Waals surface area contributed by atoms with Gasteiger partial charge < -0.3 is 10.2 Å². The maximum atomic E-state index is 6.42. The highest BCUT2D eigenvalue weighted by Crippen LogP contribution is 2.40. The van der Waals surface area contributed by atoms with Gasteiger partial charge in [0, 0.05) is 22.9 Å². The third-order valence-corrected chi connectivity index (χ3v) is 4.88. The molecule has 0 aliphatic heterocycles. The highest BCUT2D eigenvalue weighted by Gasteiger charge is 2.23. The number of nitrogens with two attached hydrogens (primary N) is 1. The molecule has 5 heteroatoms. The number of thiophene rings is 1. The normalized spacial score (nSPS) is 13.0. The molecular formula is C15H13Cl2NOS. The molecule has 20 heavy (non-hydrogen) atoms. The van der Waals surface area contributed by atoms with Crippen LogP contribution in [0.25, 0.3) is 11.0 Å². The Hall–Kier alpha value is -1.00. The van der Waals surface area contributed by atoms with E-state index in [9.17, 15) is 0 Å². The molecule has 0 saturated heterocycles. The van der Waals surface area contributed by atoms with Crippen molar-refractivity contribution < 1.29 is 4.42 Å². The van der Waals surface area contributed by atoms with E-state index in [-0.39, 0.29) is 6.04 Å². The van der Waals surface area contributed by atoms with E-state index in [1.807, 2.05) is 30.3 Å². The van der Waals surface area contributed by atoms with E-state index in [0.717, 1.165) is 34.3 Å². The maximum Gasteiger partial charge on any atom is 0.134 e. The summed E-state index contributed by atoms with van der Waals surface area (Å²) in [7, 11) is 0. The molecule has 3 aromatic rings. The molecule has 0 aliphatic carbocycles. The molecule has 3 rings (SSSR count). The summed E-state index contributed by atoms with van der Waals surface area (Å²) in [5.41, 5.74) is 9.12. The van der Waals surface area contributed by atoms with E-state index in [2.05, 4.69) is 6.92 Å². The monoisotopic (exact) mass is 325 g/mol. The van der Waals surface area contributed by atoms with Gasteiger partial charge in [-0.1, -0.05) is 48.3 Å². The number of benzene rings is 1. The fourth-order valence-electron chi connectivity index (χ4n) is 2.44. The molecule has 0 amide bonds. The largest absolute Gasteiger partial charge is 0.461 e. The molecule has 0 radical (unpaired) electrons. The van der Waals surface area contributed by atoms with Crippen molar-refractivity contribution in [2.45, 2.75) is 19.4 Å². The Labute approximate surface area is 131 Å². The van der Waals surface area contributed by atoms with Crippen molar-refractivity contribution in [3.05, 3.63) is 55.9 Å². The summed E-state index contributed by atoms with van der Waals surface area (Å²) in [6.07, 6.45) is 0.785. The third-order valence-electron chi connectivity index (χ3n) is 3.36. The molecule has 2 N–H and O–H groups in total. The van der Waals surface area contributed by atoms with Gasteiger partial charge in [-0.25, -0.2) is 0 Å². The number of halogens is 2. The SMILES string of the molecule is CCc1oc2ccccc2c1C(N)c1cc(Cl)sc1Cl. The van der Waals surface area contributed by atoms with Crippen LogP contribution in [-0.4, -0.2) is 0 Å². The first-order valence-corrected chi connectivity index (χ1v) is 7.89. The highest BCUT2D eigenvalue weighted by molar-refractivity contribution is 7.20. The Morgan fingerprint density at radius 3 is 2.70 bits per heavy atom. The number of aryl methyl sites for hydroxylation is 1. The van der Waals surface area contributed by atoms with Crippen molar-refractivity contribution >= 4 is 45.5 Å². The summed E-state index contributed by atoms with van der Waals surface area (Å²) in [5.74, 6) is 0.900. The maximum absolute atomic E-state index is 6.42. The second-order valence-corrected chi connectivity index (χ2v) is 6.83. The summed E-state index contributed by atoms with van der Waals surface area (Å²) in [6.45, 7) is 2.05. The molecule has 2 aromatic heterocycles. The smallest absolute Gasteiger partial charge is 0.134 e. The van der Waals surface area contributed by atoms with Crippen molar-refractivity contribution in [1.29, 1.82) is 0 Å². The Balaban J connectivity index is 2.20. The number of rotatable bonds is 3. The molecule has 0 aliphatic rings. The number of furan rings is 1. The van der Waals surface area contributed by atoms with Crippen molar-refractivity contribution in [3.63, 3.8) is 0 Å². The summed E-state index contributed by atoms with van der Waals surface area (Å²) in [5, 5.41) is 1.04. The van der Waals surface area contributed by atoms with Gasteiger partial charge in [0.1, 0.15) is 11.3 Å². The third kappa shape index (κ3) is 2.25. The quantitative estimate of drug-likeness (QED) is 0.699. The Kier molecular flexibility index (Phi) is 3.78. The van der Waals surface area contributed by atoms with Gasteiger partial charge in [0.15, 0.2) is 0 Å². The molecule has 0 bridgehead atoms. The van der Waals surface area contributed by atoms with Crippen LogP contribution >= 0.6 is 34.5 Å². The minimum absolute atomic E-state index is 0.329. The number of hydrogen-bond donors (Lipinski definition) is 1. The van der Waals surface area contributed by atoms with E-state index in [1.165, 1.54) is 11.3 Å². The first-order chi connectivity index (χ1) is 9.61. The van der Waals surface area contributed by atoms with Crippen molar-refractivity contribution in [1.82, 2.24) is 0 Å². The summed E-state index contributed by atoms with van der Waals surface area (Å²) in [6, 6.07) is 9.41. The van der Waals surface area contributed by atoms with Crippen LogP contribution in [0.1, 0.15) is 29.9 Å². The van der Waals surface area contributed by atoms with Crippen LogP contribution in [-0.2, 0) is 6.42 Å². The van der Waals surface area contributed by atoms with Gasteiger partial charge in [-0.2, -0.15) is 0 Å². The van der Waals surface area contributed by atoms with Gasteiger partial charge in [-0.3, -0.25) is 0 Å². The van der Waals surface area contributed by atoms with Crippen LogP contribution in [0.5, 0.6) is 0 Å².